The molecule has 0 aliphatic carbocycles. The highest BCUT2D eigenvalue weighted by molar-refractivity contribution is 5.43. The average molecular weight is 427 g/mol. The first-order chi connectivity index (χ1) is 14.8. The summed E-state index contributed by atoms with van der Waals surface area (Å²) in [5.74, 6) is -0.747. The maximum Gasteiger partial charge on any atom is 0.419 e. The van der Waals surface area contributed by atoms with Gasteiger partial charge in [-0.2, -0.15) is 13.2 Å². The normalized spacial score (nSPS) is 17.7. The second kappa shape index (κ2) is 8.36. The van der Waals surface area contributed by atoms with Crippen LogP contribution in [0.3, 0.4) is 0 Å². The van der Waals surface area contributed by atoms with Crippen molar-refractivity contribution in [1.29, 1.82) is 0 Å². The molecule has 1 atom stereocenters. The number of hydrogen-bond acceptors (Lipinski definition) is 3. The van der Waals surface area contributed by atoms with E-state index in [-0.39, 0.29) is 18.2 Å². The van der Waals surface area contributed by atoms with E-state index in [1.807, 2.05) is 65.6 Å². The van der Waals surface area contributed by atoms with Gasteiger partial charge in [0.25, 0.3) is 0 Å². The minimum Gasteiger partial charge on any atom is -0.507 e. The summed E-state index contributed by atoms with van der Waals surface area (Å²) in [6.45, 7) is 0.727. The number of likely N-dealkylation sites (tertiary alicyclic amines) is 1. The van der Waals surface area contributed by atoms with Crippen molar-refractivity contribution in [2.75, 3.05) is 6.54 Å². The molecule has 3 nitrogen and oxygen atoms in total. The lowest BCUT2D eigenvalue weighted by Gasteiger charge is -2.40. The van der Waals surface area contributed by atoms with Crippen LogP contribution in [0.1, 0.15) is 35.1 Å². The van der Waals surface area contributed by atoms with Crippen molar-refractivity contribution >= 4 is 0 Å². The number of benzene rings is 3. The van der Waals surface area contributed by atoms with Gasteiger partial charge < -0.3 is 10.2 Å². The van der Waals surface area contributed by atoms with E-state index in [0.717, 1.165) is 23.6 Å². The molecule has 1 aliphatic heterocycles. The molecule has 1 heterocycles. The van der Waals surface area contributed by atoms with Crippen molar-refractivity contribution in [3.8, 4) is 5.75 Å². The van der Waals surface area contributed by atoms with E-state index in [1.165, 1.54) is 12.1 Å². The molecule has 3 aromatic rings. The van der Waals surface area contributed by atoms with Gasteiger partial charge in [0.2, 0.25) is 0 Å². The second-order valence-corrected chi connectivity index (χ2v) is 7.94. The van der Waals surface area contributed by atoms with Crippen LogP contribution in [0.15, 0.2) is 78.9 Å². The number of phenols is 1. The molecule has 0 bridgehead atoms. The highest BCUT2D eigenvalue weighted by Gasteiger charge is 2.45. The molecule has 162 valence electrons. The molecule has 1 saturated heterocycles. The topological polar surface area (TPSA) is 43.7 Å². The lowest BCUT2D eigenvalue weighted by atomic mass is 9.79. The SMILES string of the molecule is Oc1c(CN2CCC[C@@H]2C(O)(c2ccccc2)c2ccccc2)cccc1C(F)(F)F. The number of aliphatic hydroxyl groups is 1. The third-order valence-corrected chi connectivity index (χ3v) is 6.07. The highest BCUT2D eigenvalue weighted by atomic mass is 19.4. The Morgan fingerprint density at radius 2 is 1.42 bits per heavy atom. The molecule has 1 fully saturated rings. The fourth-order valence-electron chi connectivity index (χ4n) is 4.59. The molecule has 6 heteroatoms. The summed E-state index contributed by atoms with van der Waals surface area (Å²) in [5.41, 5.74) is -0.721. The second-order valence-electron chi connectivity index (χ2n) is 7.94. The summed E-state index contributed by atoms with van der Waals surface area (Å²) in [6.07, 6.45) is -3.15. The Balaban J connectivity index is 1.73. The quantitative estimate of drug-likeness (QED) is 0.580. The van der Waals surface area contributed by atoms with E-state index in [0.29, 0.717) is 13.0 Å². The van der Waals surface area contributed by atoms with Crippen molar-refractivity contribution in [1.82, 2.24) is 4.90 Å². The third-order valence-electron chi connectivity index (χ3n) is 6.07. The first kappa shape index (κ1) is 21.4. The van der Waals surface area contributed by atoms with Gasteiger partial charge in [0.05, 0.1) is 5.56 Å². The van der Waals surface area contributed by atoms with Crippen molar-refractivity contribution in [3.05, 3.63) is 101 Å². The van der Waals surface area contributed by atoms with Crippen molar-refractivity contribution in [2.24, 2.45) is 0 Å². The molecule has 0 radical (unpaired) electrons. The van der Waals surface area contributed by atoms with Gasteiger partial charge >= 0.3 is 6.18 Å². The molecule has 31 heavy (non-hydrogen) atoms. The van der Waals surface area contributed by atoms with E-state index in [2.05, 4.69) is 0 Å². The first-order valence-electron chi connectivity index (χ1n) is 10.3. The maximum atomic E-state index is 13.2. The zero-order chi connectivity index (χ0) is 22.1. The molecule has 1 aliphatic rings. The van der Waals surface area contributed by atoms with Crippen molar-refractivity contribution in [3.63, 3.8) is 0 Å². The monoisotopic (exact) mass is 427 g/mol. The predicted octanol–water partition coefficient (Wildman–Crippen LogP) is 5.31. The van der Waals surface area contributed by atoms with Crippen LogP contribution >= 0.6 is 0 Å². The molecule has 3 aromatic carbocycles. The van der Waals surface area contributed by atoms with E-state index in [1.54, 1.807) is 0 Å². The number of phenolic OH excluding ortho intramolecular Hbond substituents is 1. The summed E-state index contributed by atoms with van der Waals surface area (Å²) in [6, 6.07) is 22.0. The lowest BCUT2D eigenvalue weighted by Crippen LogP contribution is -2.48. The molecular weight excluding hydrogens is 403 g/mol. The third kappa shape index (κ3) is 4.05. The lowest BCUT2D eigenvalue weighted by molar-refractivity contribution is -0.138. The number of para-hydroxylation sites is 1. The van der Waals surface area contributed by atoms with E-state index < -0.39 is 23.1 Å². The number of halogens is 3. The molecule has 0 spiro atoms. The zero-order valence-electron chi connectivity index (χ0n) is 16.9. The minimum absolute atomic E-state index is 0.113. The van der Waals surface area contributed by atoms with Crippen molar-refractivity contribution < 1.29 is 23.4 Å². The zero-order valence-corrected chi connectivity index (χ0v) is 16.9. The van der Waals surface area contributed by atoms with Crippen LogP contribution in [0.2, 0.25) is 0 Å². The number of nitrogens with zero attached hydrogens (tertiary/aromatic N) is 1. The summed E-state index contributed by atoms with van der Waals surface area (Å²) in [5, 5.41) is 22.4. The van der Waals surface area contributed by atoms with Gasteiger partial charge in [0.15, 0.2) is 0 Å². The molecule has 0 aromatic heterocycles. The van der Waals surface area contributed by atoms with E-state index in [9.17, 15) is 23.4 Å². The van der Waals surface area contributed by atoms with Gasteiger partial charge in [-0.05, 0) is 36.6 Å². The summed E-state index contributed by atoms with van der Waals surface area (Å²) in [4.78, 5) is 1.97. The Bertz CT molecular complexity index is 982. The molecular formula is C25H24F3NO2. The van der Waals surface area contributed by atoms with Gasteiger partial charge in [-0.1, -0.05) is 72.8 Å². The smallest absolute Gasteiger partial charge is 0.419 e. The Labute approximate surface area is 179 Å². The Morgan fingerprint density at radius 1 is 0.839 bits per heavy atom. The van der Waals surface area contributed by atoms with Gasteiger partial charge in [-0.3, -0.25) is 4.90 Å². The van der Waals surface area contributed by atoms with Gasteiger partial charge in [-0.15, -0.1) is 0 Å². The first-order valence-corrected chi connectivity index (χ1v) is 10.3. The number of hydrogen-bond donors (Lipinski definition) is 2. The standard InChI is InChI=1S/C25H24F3NO2/c26-25(27,28)21-14-7-9-18(23(21)30)17-29-16-8-15-22(29)24(31,19-10-3-1-4-11-19)20-12-5-2-6-13-20/h1-7,9-14,22,30-31H,8,15-17H2/t22-/m1/s1. The predicted molar refractivity (Wildman–Crippen MR) is 112 cm³/mol. The average Bonchev–Trinajstić information content (AvgIpc) is 3.24. The number of aromatic hydroxyl groups is 1. The maximum absolute atomic E-state index is 13.2. The van der Waals surface area contributed by atoms with Gasteiger partial charge in [0.1, 0.15) is 11.4 Å². The van der Waals surface area contributed by atoms with Crippen LogP contribution in [-0.2, 0) is 18.3 Å². The van der Waals surface area contributed by atoms with Gasteiger partial charge in [0, 0.05) is 18.2 Å². The van der Waals surface area contributed by atoms with Crippen LogP contribution in [-0.4, -0.2) is 27.7 Å². The summed E-state index contributed by atoms with van der Waals surface area (Å²) in [7, 11) is 0. The molecule has 2 N–H and O–H groups in total. The molecule has 4 rings (SSSR count). The Morgan fingerprint density at radius 3 is 1.97 bits per heavy atom. The molecule has 0 unspecified atom stereocenters. The summed E-state index contributed by atoms with van der Waals surface area (Å²) >= 11 is 0. The van der Waals surface area contributed by atoms with E-state index >= 15 is 0 Å². The minimum atomic E-state index is -4.63. The highest BCUT2D eigenvalue weighted by Crippen LogP contribution is 2.42. The van der Waals surface area contributed by atoms with Gasteiger partial charge in [-0.25, -0.2) is 0 Å². The summed E-state index contributed by atoms with van der Waals surface area (Å²) < 4.78 is 39.7. The fourth-order valence-corrected chi connectivity index (χ4v) is 4.59. The Kier molecular flexibility index (Phi) is 5.77. The van der Waals surface area contributed by atoms with Crippen LogP contribution in [0.4, 0.5) is 13.2 Å². The van der Waals surface area contributed by atoms with E-state index in [4.69, 9.17) is 0 Å². The number of rotatable bonds is 5. The molecule has 0 saturated carbocycles. The van der Waals surface area contributed by atoms with Crippen LogP contribution in [0.25, 0.3) is 0 Å². The van der Waals surface area contributed by atoms with Crippen molar-refractivity contribution in [2.45, 2.75) is 37.2 Å². The van der Waals surface area contributed by atoms with Crippen LogP contribution < -0.4 is 0 Å². The fraction of sp³-hybridized carbons (Fsp3) is 0.280. The largest absolute Gasteiger partial charge is 0.507 e. The van der Waals surface area contributed by atoms with Crippen LogP contribution in [0.5, 0.6) is 5.75 Å². The van der Waals surface area contributed by atoms with Crippen LogP contribution in [0, 0.1) is 0 Å². The molecule has 0 amide bonds. The number of alkyl halides is 3. The Hall–Kier alpha value is -2.83.